The third-order valence-electron chi connectivity index (χ3n) is 3.11. The number of hydrogen-bond acceptors (Lipinski definition) is 2. The zero-order valence-electron chi connectivity index (χ0n) is 10.5. The van der Waals surface area contributed by atoms with Crippen LogP contribution >= 0.6 is 0 Å². The van der Waals surface area contributed by atoms with Crippen LogP contribution in [0.5, 0.6) is 0 Å². The summed E-state index contributed by atoms with van der Waals surface area (Å²) >= 11 is 0. The summed E-state index contributed by atoms with van der Waals surface area (Å²) < 4.78 is 0. The first-order valence-corrected chi connectivity index (χ1v) is 6.25. The molecule has 0 aliphatic heterocycles. The number of hydrogen-bond donors (Lipinski definition) is 2. The lowest BCUT2D eigenvalue weighted by atomic mass is 10.1. The van der Waals surface area contributed by atoms with Crippen molar-refractivity contribution in [1.82, 2.24) is 10.6 Å². The lowest BCUT2D eigenvalue weighted by Crippen LogP contribution is -2.37. The van der Waals surface area contributed by atoms with E-state index in [0.717, 1.165) is 24.0 Å². The fourth-order valence-electron chi connectivity index (χ4n) is 1.72. The van der Waals surface area contributed by atoms with Crippen LogP contribution in [-0.2, 0) is 16.1 Å². The number of carbonyl (C=O) groups excluding carboxylic acids is 2. The van der Waals surface area contributed by atoms with E-state index in [9.17, 15) is 9.59 Å². The summed E-state index contributed by atoms with van der Waals surface area (Å²) in [5.74, 6) is 0.00228. The molecule has 1 aliphatic carbocycles. The predicted octanol–water partition coefficient (Wildman–Crippen LogP) is 1.14. The average Bonchev–Trinajstić information content (AvgIpc) is 3.19. The monoisotopic (exact) mass is 246 g/mol. The molecule has 1 saturated carbocycles. The molecule has 1 aromatic carbocycles. The molecule has 1 aliphatic rings. The van der Waals surface area contributed by atoms with E-state index in [2.05, 4.69) is 10.6 Å². The van der Waals surface area contributed by atoms with Crippen molar-refractivity contribution in [3.63, 3.8) is 0 Å². The van der Waals surface area contributed by atoms with Crippen LogP contribution in [0.4, 0.5) is 0 Å². The third kappa shape index (κ3) is 3.58. The molecule has 0 saturated heterocycles. The number of nitrogens with one attached hydrogen (secondary N) is 2. The molecule has 0 unspecified atom stereocenters. The molecule has 0 atom stereocenters. The Bertz CT molecular complexity index is 453. The maximum absolute atomic E-state index is 11.5. The Kier molecular flexibility index (Phi) is 3.97. The van der Waals surface area contributed by atoms with Gasteiger partial charge in [0.25, 0.3) is 0 Å². The molecule has 4 heteroatoms. The van der Waals surface area contributed by atoms with E-state index in [1.807, 2.05) is 31.2 Å². The van der Waals surface area contributed by atoms with Crippen molar-refractivity contribution in [2.75, 3.05) is 6.54 Å². The molecular weight excluding hydrogens is 228 g/mol. The Morgan fingerprint density at radius 1 is 1.22 bits per heavy atom. The van der Waals surface area contributed by atoms with Gasteiger partial charge in [0.1, 0.15) is 0 Å². The van der Waals surface area contributed by atoms with Gasteiger partial charge < -0.3 is 10.6 Å². The van der Waals surface area contributed by atoms with Crippen LogP contribution in [-0.4, -0.2) is 18.4 Å². The third-order valence-corrected chi connectivity index (χ3v) is 3.11. The quantitative estimate of drug-likeness (QED) is 0.818. The Hall–Kier alpha value is -1.84. The van der Waals surface area contributed by atoms with Gasteiger partial charge in [0.15, 0.2) is 0 Å². The van der Waals surface area contributed by atoms with Gasteiger partial charge in [0.2, 0.25) is 11.8 Å². The first-order valence-electron chi connectivity index (χ1n) is 6.25. The van der Waals surface area contributed by atoms with Gasteiger partial charge in [-0.25, -0.2) is 0 Å². The highest BCUT2D eigenvalue weighted by Gasteiger charge is 2.29. The summed E-state index contributed by atoms with van der Waals surface area (Å²) in [4.78, 5) is 22.9. The van der Waals surface area contributed by atoms with Gasteiger partial charge in [-0.05, 0) is 30.9 Å². The lowest BCUT2D eigenvalue weighted by molar-refractivity contribution is -0.126. The van der Waals surface area contributed by atoms with E-state index in [-0.39, 0.29) is 24.3 Å². The van der Waals surface area contributed by atoms with Crippen LogP contribution in [0.2, 0.25) is 0 Å². The minimum Gasteiger partial charge on any atom is -0.350 e. The maximum Gasteiger partial charge on any atom is 0.239 e. The zero-order valence-corrected chi connectivity index (χ0v) is 10.5. The van der Waals surface area contributed by atoms with Crippen LogP contribution < -0.4 is 10.6 Å². The van der Waals surface area contributed by atoms with Crippen LogP contribution in [0.25, 0.3) is 0 Å². The Morgan fingerprint density at radius 3 is 2.61 bits per heavy atom. The summed E-state index contributed by atoms with van der Waals surface area (Å²) in [6.07, 6.45) is 1.91. The fourth-order valence-corrected chi connectivity index (χ4v) is 1.72. The van der Waals surface area contributed by atoms with Gasteiger partial charge in [-0.1, -0.05) is 24.3 Å². The molecule has 1 fully saturated rings. The van der Waals surface area contributed by atoms with E-state index < -0.39 is 0 Å². The molecule has 4 nitrogen and oxygen atoms in total. The van der Waals surface area contributed by atoms with Crippen LogP contribution in [0, 0.1) is 12.8 Å². The summed E-state index contributed by atoms with van der Waals surface area (Å²) in [6, 6.07) is 7.91. The van der Waals surface area contributed by atoms with E-state index >= 15 is 0 Å². The number of aryl methyl sites for hydroxylation is 1. The molecule has 2 amide bonds. The lowest BCUT2D eigenvalue weighted by Gasteiger charge is -2.08. The van der Waals surface area contributed by atoms with Crippen LogP contribution in [0.3, 0.4) is 0 Å². The zero-order chi connectivity index (χ0) is 13.0. The van der Waals surface area contributed by atoms with E-state index in [0.29, 0.717) is 6.54 Å². The number of carbonyl (C=O) groups is 2. The Labute approximate surface area is 107 Å². The van der Waals surface area contributed by atoms with Gasteiger partial charge in [-0.3, -0.25) is 9.59 Å². The SMILES string of the molecule is Cc1ccccc1CNC(=O)CNC(=O)C1CC1. The van der Waals surface area contributed by atoms with Gasteiger partial charge in [-0.15, -0.1) is 0 Å². The standard InChI is InChI=1S/C14H18N2O2/c1-10-4-2-3-5-12(10)8-15-13(17)9-16-14(18)11-6-7-11/h2-5,11H,6-9H2,1H3,(H,15,17)(H,16,18). The second-order valence-electron chi connectivity index (χ2n) is 4.70. The average molecular weight is 246 g/mol. The molecule has 2 rings (SSSR count). The Morgan fingerprint density at radius 2 is 1.94 bits per heavy atom. The summed E-state index contributed by atoms with van der Waals surface area (Å²) in [5, 5.41) is 5.45. The van der Waals surface area contributed by atoms with Crippen molar-refractivity contribution in [2.24, 2.45) is 5.92 Å². The number of rotatable bonds is 5. The molecule has 1 aromatic rings. The molecular formula is C14H18N2O2. The molecule has 0 bridgehead atoms. The summed E-state index contributed by atoms with van der Waals surface area (Å²) in [7, 11) is 0. The topological polar surface area (TPSA) is 58.2 Å². The Balaban J connectivity index is 1.71. The smallest absolute Gasteiger partial charge is 0.239 e. The largest absolute Gasteiger partial charge is 0.350 e. The van der Waals surface area contributed by atoms with E-state index in [4.69, 9.17) is 0 Å². The maximum atomic E-state index is 11.5. The molecule has 18 heavy (non-hydrogen) atoms. The normalized spacial score (nSPS) is 14.1. The summed E-state index contributed by atoms with van der Waals surface area (Å²) in [6.45, 7) is 2.59. The van der Waals surface area contributed by atoms with Crippen molar-refractivity contribution in [3.05, 3.63) is 35.4 Å². The minimum absolute atomic E-state index is 0.000965. The number of amides is 2. The van der Waals surface area contributed by atoms with Gasteiger partial charge in [0, 0.05) is 12.5 Å². The number of benzene rings is 1. The minimum atomic E-state index is -0.146. The second kappa shape index (κ2) is 5.67. The highest BCUT2D eigenvalue weighted by molar-refractivity contribution is 5.86. The fraction of sp³-hybridized carbons (Fsp3) is 0.429. The van der Waals surface area contributed by atoms with Gasteiger partial charge in [-0.2, -0.15) is 0 Å². The van der Waals surface area contributed by atoms with Crippen molar-refractivity contribution < 1.29 is 9.59 Å². The highest BCUT2D eigenvalue weighted by atomic mass is 16.2. The van der Waals surface area contributed by atoms with Gasteiger partial charge in [0.05, 0.1) is 6.54 Å². The predicted molar refractivity (Wildman–Crippen MR) is 68.8 cm³/mol. The first-order chi connectivity index (χ1) is 8.66. The molecule has 96 valence electrons. The van der Waals surface area contributed by atoms with E-state index in [1.54, 1.807) is 0 Å². The summed E-state index contributed by atoms with van der Waals surface area (Å²) in [5.41, 5.74) is 2.25. The van der Waals surface area contributed by atoms with Gasteiger partial charge >= 0.3 is 0 Å². The van der Waals surface area contributed by atoms with Crippen molar-refractivity contribution in [2.45, 2.75) is 26.3 Å². The second-order valence-corrected chi connectivity index (χ2v) is 4.70. The molecule has 0 heterocycles. The van der Waals surface area contributed by atoms with Crippen LogP contribution in [0.1, 0.15) is 24.0 Å². The molecule has 2 N–H and O–H groups in total. The van der Waals surface area contributed by atoms with E-state index in [1.165, 1.54) is 0 Å². The highest BCUT2D eigenvalue weighted by Crippen LogP contribution is 2.28. The molecule has 0 aromatic heterocycles. The molecule has 0 spiro atoms. The van der Waals surface area contributed by atoms with Crippen LogP contribution in [0.15, 0.2) is 24.3 Å². The van der Waals surface area contributed by atoms with Crippen molar-refractivity contribution >= 4 is 11.8 Å². The first kappa shape index (κ1) is 12.6. The van der Waals surface area contributed by atoms with Crippen molar-refractivity contribution in [1.29, 1.82) is 0 Å². The van der Waals surface area contributed by atoms with Crippen molar-refractivity contribution in [3.8, 4) is 0 Å². The molecule has 0 radical (unpaired) electrons.